The standard InChI is InChI=1S/C21H25N3O2/c1-25-20-11-5-3-8-18(20)9-7-13-22-24-16-14-23(15-17-24)19-10-4-6-12-21(19)26-2/h3-13H,14-17H2,1-2H3/b9-7+,22-13-. The summed E-state index contributed by atoms with van der Waals surface area (Å²) in [6.07, 6.45) is 5.79. The highest BCUT2D eigenvalue weighted by atomic mass is 16.5. The first-order valence-electron chi connectivity index (χ1n) is 8.78. The van der Waals surface area contributed by atoms with Crippen molar-refractivity contribution in [2.24, 2.45) is 5.10 Å². The number of methoxy groups -OCH3 is 2. The largest absolute Gasteiger partial charge is 0.496 e. The van der Waals surface area contributed by atoms with Gasteiger partial charge in [-0.2, -0.15) is 5.10 Å². The third kappa shape index (κ3) is 4.36. The lowest BCUT2D eigenvalue weighted by Crippen LogP contribution is -2.44. The second kappa shape index (κ2) is 8.94. The van der Waals surface area contributed by atoms with Gasteiger partial charge in [-0.1, -0.05) is 30.3 Å². The van der Waals surface area contributed by atoms with Gasteiger partial charge in [-0.05, 0) is 30.4 Å². The predicted octanol–water partition coefficient (Wildman–Crippen LogP) is 3.53. The van der Waals surface area contributed by atoms with E-state index in [1.807, 2.05) is 60.8 Å². The Bertz CT molecular complexity index is 765. The molecule has 0 aliphatic carbocycles. The molecule has 1 aliphatic rings. The average Bonchev–Trinajstić information content (AvgIpc) is 2.72. The van der Waals surface area contributed by atoms with E-state index in [0.29, 0.717) is 0 Å². The Morgan fingerprint density at radius 2 is 1.50 bits per heavy atom. The zero-order valence-corrected chi connectivity index (χ0v) is 15.3. The molecule has 5 nitrogen and oxygen atoms in total. The van der Waals surface area contributed by atoms with Crippen LogP contribution in [0.4, 0.5) is 5.69 Å². The summed E-state index contributed by atoms with van der Waals surface area (Å²) in [5.74, 6) is 1.78. The third-order valence-electron chi connectivity index (χ3n) is 4.41. The van der Waals surface area contributed by atoms with Crippen LogP contribution in [-0.2, 0) is 0 Å². The van der Waals surface area contributed by atoms with E-state index in [1.165, 1.54) is 0 Å². The summed E-state index contributed by atoms with van der Waals surface area (Å²) in [6.45, 7) is 3.62. The van der Waals surface area contributed by atoms with Crippen LogP contribution in [0.25, 0.3) is 6.08 Å². The van der Waals surface area contributed by atoms with E-state index in [-0.39, 0.29) is 0 Å². The van der Waals surface area contributed by atoms with Crippen LogP contribution in [0.1, 0.15) is 5.56 Å². The van der Waals surface area contributed by atoms with Crippen LogP contribution < -0.4 is 14.4 Å². The molecule has 5 heteroatoms. The fourth-order valence-electron chi connectivity index (χ4n) is 3.03. The Balaban J connectivity index is 1.54. The van der Waals surface area contributed by atoms with Crippen LogP contribution in [0, 0.1) is 0 Å². The van der Waals surface area contributed by atoms with Gasteiger partial charge in [0.2, 0.25) is 0 Å². The Morgan fingerprint density at radius 1 is 0.846 bits per heavy atom. The number of hydrogen-bond acceptors (Lipinski definition) is 5. The summed E-state index contributed by atoms with van der Waals surface area (Å²) in [7, 11) is 3.40. The summed E-state index contributed by atoms with van der Waals surface area (Å²) in [5, 5.41) is 6.64. The topological polar surface area (TPSA) is 37.3 Å². The van der Waals surface area contributed by atoms with E-state index >= 15 is 0 Å². The van der Waals surface area contributed by atoms with Crippen LogP contribution in [0.15, 0.2) is 59.7 Å². The second-order valence-electron chi connectivity index (χ2n) is 5.98. The molecule has 0 aromatic heterocycles. The highest BCUT2D eigenvalue weighted by molar-refractivity contribution is 5.79. The molecule has 0 spiro atoms. The Labute approximate surface area is 155 Å². The maximum absolute atomic E-state index is 5.46. The van der Waals surface area contributed by atoms with Crippen molar-refractivity contribution in [2.75, 3.05) is 45.3 Å². The number of ether oxygens (including phenoxy) is 2. The molecular weight excluding hydrogens is 326 g/mol. The molecule has 2 aromatic rings. The first-order chi connectivity index (χ1) is 12.8. The van der Waals surface area contributed by atoms with Crippen molar-refractivity contribution in [3.63, 3.8) is 0 Å². The van der Waals surface area contributed by atoms with Crippen LogP contribution in [-0.4, -0.2) is 51.6 Å². The summed E-state index contributed by atoms with van der Waals surface area (Å²) in [4.78, 5) is 2.34. The number of benzene rings is 2. The lowest BCUT2D eigenvalue weighted by molar-refractivity contribution is 0.271. The van der Waals surface area contributed by atoms with Crippen molar-refractivity contribution in [3.8, 4) is 11.5 Å². The molecule has 0 saturated carbocycles. The number of nitrogens with zero attached hydrogens (tertiary/aromatic N) is 3. The minimum absolute atomic E-state index is 0.863. The average molecular weight is 351 g/mol. The molecule has 1 aliphatic heterocycles. The maximum atomic E-state index is 5.46. The number of hydrazone groups is 1. The molecule has 1 fully saturated rings. The highest BCUT2D eigenvalue weighted by Gasteiger charge is 2.18. The van der Waals surface area contributed by atoms with E-state index in [4.69, 9.17) is 9.47 Å². The van der Waals surface area contributed by atoms with Gasteiger partial charge in [0.15, 0.2) is 0 Å². The van der Waals surface area contributed by atoms with E-state index < -0.39 is 0 Å². The third-order valence-corrected chi connectivity index (χ3v) is 4.41. The Kier molecular flexibility index (Phi) is 6.14. The molecule has 136 valence electrons. The Morgan fingerprint density at radius 3 is 2.23 bits per heavy atom. The number of para-hydroxylation sites is 3. The van der Waals surface area contributed by atoms with Crippen molar-refractivity contribution >= 4 is 18.0 Å². The fraction of sp³-hybridized carbons (Fsp3) is 0.286. The molecule has 1 heterocycles. The molecule has 3 rings (SSSR count). The summed E-state index contributed by atoms with van der Waals surface area (Å²) < 4.78 is 10.8. The molecular formula is C21H25N3O2. The zero-order chi connectivity index (χ0) is 18.2. The van der Waals surface area contributed by atoms with Crippen LogP contribution in [0.2, 0.25) is 0 Å². The summed E-state index contributed by atoms with van der Waals surface area (Å²) >= 11 is 0. The molecule has 0 bridgehead atoms. The van der Waals surface area contributed by atoms with E-state index in [9.17, 15) is 0 Å². The molecule has 0 N–H and O–H groups in total. The van der Waals surface area contributed by atoms with Crippen molar-refractivity contribution < 1.29 is 9.47 Å². The van der Waals surface area contributed by atoms with Crippen molar-refractivity contribution in [3.05, 3.63) is 60.2 Å². The summed E-state index contributed by atoms with van der Waals surface area (Å²) in [6, 6.07) is 16.1. The zero-order valence-electron chi connectivity index (χ0n) is 15.3. The minimum Gasteiger partial charge on any atom is -0.496 e. The van der Waals surface area contributed by atoms with Gasteiger partial charge in [0, 0.05) is 24.9 Å². The highest BCUT2D eigenvalue weighted by Crippen LogP contribution is 2.28. The Hall–Kier alpha value is -2.95. The smallest absolute Gasteiger partial charge is 0.142 e. The number of anilines is 1. The first-order valence-corrected chi connectivity index (χ1v) is 8.78. The van der Waals surface area contributed by atoms with Gasteiger partial charge >= 0.3 is 0 Å². The molecule has 0 radical (unpaired) electrons. The fourth-order valence-corrected chi connectivity index (χ4v) is 3.03. The van der Waals surface area contributed by atoms with Crippen LogP contribution >= 0.6 is 0 Å². The minimum atomic E-state index is 0.863. The number of hydrogen-bond donors (Lipinski definition) is 0. The maximum Gasteiger partial charge on any atom is 0.142 e. The van der Waals surface area contributed by atoms with Crippen molar-refractivity contribution in [1.82, 2.24) is 5.01 Å². The van der Waals surface area contributed by atoms with Gasteiger partial charge < -0.3 is 14.4 Å². The van der Waals surface area contributed by atoms with E-state index in [1.54, 1.807) is 14.2 Å². The summed E-state index contributed by atoms with van der Waals surface area (Å²) in [5.41, 5.74) is 2.19. The van der Waals surface area contributed by atoms with Gasteiger partial charge in [-0.3, -0.25) is 5.01 Å². The molecule has 0 atom stereocenters. The molecule has 26 heavy (non-hydrogen) atoms. The molecule has 0 unspecified atom stereocenters. The lowest BCUT2D eigenvalue weighted by Gasteiger charge is -2.35. The monoisotopic (exact) mass is 351 g/mol. The molecule has 2 aromatic carbocycles. The quantitative estimate of drug-likeness (QED) is 0.746. The number of rotatable bonds is 6. The van der Waals surface area contributed by atoms with Crippen molar-refractivity contribution in [1.29, 1.82) is 0 Å². The normalized spacial score (nSPS) is 15.0. The lowest BCUT2D eigenvalue weighted by atomic mass is 10.2. The second-order valence-corrected chi connectivity index (χ2v) is 5.98. The van der Waals surface area contributed by atoms with Crippen LogP contribution in [0.3, 0.4) is 0 Å². The van der Waals surface area contributed by atoms with Gasteiger partial charge in [0.05, 0.1) is 33.0 Å². The van der Waals surface area contributed by atoms with Gasteiger partial charge in [0.25, 0.3) is 0 Å². The molecule has 0 amide bonds. The SMILES string of the molecule is COc1ccccc1/C=C/C=N\N1CCN(c2ccccc2OC)CC1. The first kappa shape index (κ1) is 17.9. The predicted molar refractivity (Wildman–Crippen MR) is 107 cm³/mol. The number of allylic oxidation sites excluding steroid dienone is 1. The van der Waals surface area contributed by atoms with E-state index in [0.717, 1.165) is 48.9 Å². The van der Waals surface area contributed by atoms with Crippen LogP contribution in [0.5, 0.6) is 11.5 Å². The number of piperazine rings is 1. The van der Waals surface area contributed by atoms with Crippen molar-refractivity contribution in [2.45, 2.75) is 0 Å². The van der Waals surface area contributed by atoms with Gasteiger partial charge in [-0.15, -0.1) is 0 Å². The van der Waals surface area contributed by atoms with E-state index in [2.05, 4.69) is 21.1 Å². The molecule has 1 saturated heterocycles. The van der Waals surface area contributed by atoms with Gasteiger partial charge in [0.1, 0.15) is 11.5 Å². The van der Waals surface area contributed by atoms with Gasteiger partial charge in [-0.25, -0.2) is 0 Å².